The molecule has 0 saturated carbocycles. The summed E-state index contributed by atoms with van der Waals surface area (Å²) < 4.78 is 14.8. The lowest BCUT2D eigenvalue weighted by Gasteiger charge is -2.14. The van der Waals surface area contributed by atoms with Crippen molar-refractivity contribution >= 4 is 5.95 Å². The van der Waals surface area contributed by atoms with Gasteiger partial charge >= 0.3 is 5.69 Å². The van der Waals surface area contributed by atoms with E-state index in [-0.39, 0.29) is 11.8 Å². The molecule has 0 unspecified atom stereocenters. The summed E-state index contributed by atoms with van der Waals surface area (Å²) in [5.41, 5.74) is 7.00. The first-order valence-electron chi connectivity index (χ1n) is 6.09. The highest BCUT2D eigenvalue weighted by Crippen LogP contribution is 2.21. The van der Waals surface area contributed by atoms with Crippen LogP contribution in [0.2, 0.25) is 0 Å². The molecule has 0 aliphatic carbocycles. The van der Waals surface area contributed by atoms with E-state index in [0.29, 0.717) is 18.5 Å². The number of hydrogen-bond acceptors (Lipinski definition) is 4. The number of rotatable bonds is 3. The van der Waals surface area contributed by atoms with E-state index >= 15 is 0 Å². The Morgan fingerprint density at radius 1 is 1.26 bits per heavy atom. The maximum Gasteiger partial charge on any atom is 0.356 e. The fraction of sp³-hybridized carbons (Fsp3) is 0.308. The molecule has 2 N–H and O–H groups in total. The van der Waals surface area contributed by atoms with Crippen molar-refractivity contribution in [3.63, 3.8) is 0 Å². The Morgan fingerprint density at radius 2 is 1.84 bits per heavy atom. The Labute approximate surface area is 109 Å². The molecule has 1 heterocycles. The van der Waals surface area contributed by atoms with Gasteiger partial charge in [0.2, 0.25) is 5.95 Å². The summed E-state index contributed by atoms with van der Waals surface area (Å²) in [5, 5.41) is 0. The van der Waals surface area contributed by atoms with Gasteiger partial charge < -0.3 is 5.73 Å². The zero-order valence-electron chi connectivity index (χ0n) is 10.9. The fourth-order valence-corrected chi connectivity index (χ4v) is 2.07. The summed E-state index contributed by atoms with van der Waals surface area (Å²) in [4.78, 5) is 19.3. The minimum atomic E-state index is -0.511. The van der Waals surface area contributed by atoms with E-state index in [4.69, 9.17) is 5.73 Å². The van der Waals surface area contributed by atoms with Crippen LogP contribution in [-0.4, -0.2) is 14.5 Å². The van der Waals surface area contributed by atoms with Crippen LogP contribution in [0.3, 0.4) is 0 Å². The first kappa shape index (κ1) is 13.2. The maximum atomic E-state index is 13.5. The van der Waals surface area contributed by atoms with Crippen LogP contribution in [0, 0.1) is 5.82 Å². The van der Waals surface area contributed by atoms with Gasteiger partial charge in [-0.25, -0.2) is 14.2 Å². The Morgan fingerprint density at radius 3 is 2.32 bits per heavy atom. The summed E-state index contributed by atoms with van der Waals surface area (Å²) in [6, 6.07) is 2.86. The number of anilines is 1. The summed E-state index contributed by atoms with van der Waals surface area (Å²) in [5.74, 6) is -0.374. The standard InChI is InChI=1S/C13H15FN4O/c1-3-8-5-10(14)6-9(4-2)11(8)18-7-16-12(15)17-13(18)19/h5-7H,3-4H2,1-2H3,(H2,15,17,19). The van der Waals surface area contributed by atoms with Gasteiger partial charge in [0.25, 0.3) is 0 Å². The number of benzene rings is 1. The molecule has 19 heavy (non-hydrogen) atoms. The van der Waals surface area contributed by atoms with Crippen LogP contribution >= 0.6 is 0 Å². The number of nitrogen functional groups attached to an aromatic ring is 1. The molecule has 6 heteroatoms. The second-order valence-corrected chi connectivity index (χ2v) is 4.15. The molecular formula is C13H15FN4O. The van der Waals surface area contributed by atoms with Gasteiger partial charge in [0, 0.05) is 0 Å². The third kappa shape index (κ3) is 2.47. The molecule has 2 rings (SSSR count). The molecule has 0 aliphatic rings. The van der Waals surface area contributed by atoms with Gasteiger partial charge in [0.15, 0.2) is 0 Å². The lowest BCUT2D eigenvalue weighted by atomic mass is 10.0. The maximum absolute atomic E-state index is 13.5. The Hall–Kier alpha value is -2.24. The van der Waals surface area contributed by atoms with Gasteiger partial charge in [-0.1, -0.05) is 13.8 Å². The van der Waals surface area contributed by atoms with Gasteiger partial charge in [-0.05, 0) is 36.1 Å². The Balaban J connectivity index is 2.76. The number of nitrogens with zero attached hydrogens (tertiary/aromatic N) is 3. The van der Waals surface area contributed by atoms with Gasteiger partial charge in [0.05, 0.1) is 5.69 Å². The van der Waals surface area contributed by atoms with Crippen LogP contribution in [0.25, 0.3) is 5.69 Å². The monoisotopic (exact) mass is 262 g/mol. The molecule has 100 valence electrons. The summed E-state index contributed by atoms with van der Waals surface area (Å²) >= 11 is 0. The first-order valence-corrected chi connectivity index (χ1v) is 6.09. The average Bonchev–Trinajstić information content (AvgIpc) is 2.38. The predicted octanol–water partition coefficient (Wildman–Crippen LogP) is 1.47. The topological polar surface area (TPSA) is 73.8 Å². The number of nitrogens with two attached hydrogens (primary N) is 1. The second-order valence-electron chi connectivity index (χ2n) is 4.15. The molecular weight excluding hydrogens is 247 g/mol. The van der Waals surface area contributed by atoms with Crippen molar-refractivity contribution in [2.24, 2.45) is 0 Å². The van der Waals surface area contributed by atoms with E-state index in [2.05, 4.69) is 9.97 Å². The molecule has 0 saturated heterocycles. The molecule has 0 atom stereocenters. The van der Waals surface area contributed by atoms with Crippen LogP contribution in [-0.2, 0) is 12.8 Å². The van der Waals surface area contributed by atoms with Crippen LogP contribution in [0.5, 0.6) is 0 Å². The minimum Gasteiger partial charge on any atom is -0.368 e. The number of aryl methyl sites for hydroxylation is 2. The van der Waals surface area contributed by atoms with Crippen molar-refractivity contribution in [2.45, 2.75) is 26.7 Å². The lowest BCUT2D eigenvalue weighted by molar-refractivity contribution is 0.622. The van der Waals surface area contributed by atoms with Gasteiger partial charge in [-0.3, -0.25) is 4.57 Å². The Bertz CT molecular complexity index is 641. The number of aromatic nitrogens is 3. The van der Waals surface area contributed by atoms with Crippen LogP contribution in [0.1, 0.15) is 25.0 Å². The van der Waals surface area contributed by atoms with E-state index in [1.807, 2.05) is 13.8 Å². The third-order valence-corrected chi connectivity index (χ3v) is 2.96. The van der Waals surface area contributed by atoms with Crippen molar-refractivity contribution in [1.29, 1.82) is 0 Å². The molecule has 0 aliphatic heterocycles. The van der Waals surface area contributed by atoms with E-state index < -0.39 is 5.69 Å². The van der Waals surface area contributed by atoms with Gasteiger partial charge in [-0.15, -0.1) is 0 Å². The van der Waals surface area contributed by atoms with Gasteiger partial charge in [-0.2, -0.15) is 4.98 Å². The molecule has 2 aromatic rings. The number of halogens is 1. The molecule has 0 fully saturated rings. The predicted molar refractivity (Wildman–Crippen MR) is 70.8 cm³/mol. The zero-order chi connectivity index (χ0) is 14.0. The quantitative estimate of drug-likeness (QED) is 0.909. The van der Waals surface area contributed by atoms with Crippen molar-refractivity contribution in [1.82, 2.24) is 14.5 Å². The van der Waals surface area contributed by atoms with Crippen LogP contribution in [0.4, 0.5) is 10.3 Å². The number of hydrogen-bond donors (Lipinski definition) is 1. The third-order valence-electron chi connectivity index (χ3n) is 2.96. The summed E-state index contributed by atoms with van der Waals surface area (Å²) in [6.45, 7) is 3.81. The van der Waals surface area contributed by atoms with Crippen molar-refractivity contribution in [3.05, 3.63) is 45.9 Å². The van der Waals surface area contributed by atoms with Crippen molar-refractivity contribution in [2.75, 3.05) is 5.73 Å². The minimum absolute atomic E-state index is 0.0699. The van der Waals surface area contributed by atoms with Gasteiger partial charge in [0.1, 0.15) is 12.1 Å². The lowest BCUT2D eigenvalue weighted by Crippen LogP contribution is -2.25. The largest absolute Gasteiger partial charge is 0.368 e. The van der Waals surface area contributed by atoms with E-state index in [9.17, 15) is 9.18 Å². The molecule has 0 radical (unpaired) electrons. The zero-order valence-corrected chi connectivity index (χ0v) is 10.9. The SMILES string of the molecule is CCc1cc(F)cc(CC)c1-n1cnc(N)nc1=O. The first-order chi connectivity index (χ1) is 9.06. The van der Waals surface area contributed by atoms with Crippen molar-refractivity contribution < 1.29 is 4.39 Å². The fourth-order valence-electron chi connectivity index (χ4n) is 2.07. The van der Waals surface area contributed by atoms with Crippen molar-refractivity contribution in [3.8, 4) is 5.69 Å². The summed E-state index contributed by atoms with van der Waals surface area (Å²) in [6.07, 6.45) is 2.55. The molecule has 1 aromatic carbocycles. The molecule has 0 amide bonds. The van der Waals surface area contributed by atoms with E-state index in [1.54, 1.807) is 0 Å². The highest BCUT2D eigenvalue weighted by Gasteiger charge is 2.13. The highest BCUT2D eigenvalue weighted by molar-refractivity contribution is 5.48. The van der Waals surface area contributed by atoms with Crippen LogP contribution < -0.4 is 11.4 Å². The molecule has 0 spiro atoms. The van der Waals surface area contributed by atoms with E-state index in [0.717, 1.165) is 11.1 Å². The average molecular weight is 262 g/mol. The van der Waals surface area contributed by atoms with E-state index in [1.165, 1.54) is 23.0 Å². The summed E-state index contributed by atoms with van der Waals surface area (Å²) in [7, 11) is 0. The Kier molecular flexibility index (Phi) is 3.59. The smallest absolute Gasteiger partial charge is 0.356 e. The molecule has 0 bridgehead atoms. The molecule has 1 aromatic heterocycles. The second kappa shape index (κ2) is 5.17. The highest BCUT2D eigenvalue weighted by atomic mass is 19.1. The normalized spacial score (nSPS) is 10.7. The molecule has 5 nitrogen and oxygen atoms in total. The van der Waals surface area contributed by atoms with Crippen LogP contribution in [0.15, 0.2) is 23.3 Å².